The predicted octanol–water partition coefficient (Wildman–Crippen LogP) is 3.32. The average Bonchev–Trinajstić information content (AvgIpc) is 2.17. The van der Waals surface area contributed by atoms with E-state index in [-0.39, 0.29) is 5.69 Å². The fraction of sp³-hybridized carbons (Fsp3) is 0. The Labute approximate surface area is 99.9 Å². The number of halogens is 2. The first-order valence-electron chi connectivity index (χ1n) is 3.69. The molecule has 16 heavy (non-hydrogen) atoms. The monoisotopic (exact) mass is 265 g/mol. The number of nitro benzene ring substituents is 1. The number of nitro groups is 1. The van der Waals surface area contributed by atoms with Gasteiger partial charge in [0.2, 0.25) is 0 Å². The van der Waals surface area contributed by atoms with E-state index in [0.29, 0.717) is 0 Å². The fourth-order valence-corrected chi connectivity index (χ4v) is 0.792. The predicted molar refractivity (Wildman–Crippen MR) is 56.7 cm³/mol. The van der Waals surface area contributed by atoms with Crippen molar-refractivity contribution >= 4 is 39.7 Å². The molecule has 0 N–H and O–H groups in total. The lowest BCUT2D eigenvalue weighted by Crippen LogP contribution is -1.94. The van der Waals surface area contributed by atoms with Gasteiger partial charge in [-0.2, -0.15) is 0 Å². The van der Waals surface area contributed by atoms with Gasteiger partial charge >= 0.3 is 10.9 Å². The van der Waals surface area contributed by atoms with Crippen molar-refractivity contribution in [1.82, 2.24) is 0 Å². The smallest absolute Gasteiger partial charge is 0.368 e. The van der Waals surface area contributed by atoms with E-state index in [1.54, 1.807) is 18.2 Å². The highest BCUT2D eigenvalue weighted by Crippen LogP contribution is 2.06. The van der Waals surface area contributed by atoms with Gasteiger partial charge in [0.25, 0.3) is 5.69 Å². The van der Waals surface area contributed by atoms with Crippen LogP contribution in [0.2, 0.25) is 0 Å². The summed E-state index contributed by atoms with van der Waals surface area (Å²) in [5, 5.41) is 10.0. The Morgan fingerprint density at radius 1 is 1.12 bits per heavy atom. The summed E-state index contributed by atoms with van der Waals surface area (Å²) in [5.41, 5.74) is -2.31. The second kappa shape index (κ2) is 7.61. The summed E-state index contributed by atoms with van der Waals surface area (Å²) in [6, 6.07) is 7.93. The molecule has 86 valence electrons. The molecule has 0 unspecified atom stereocenters. The lowest BCUT2D eigenvalue weighted by atomic mass is 10.3. The minimum atomic E-state index is -1.22. The van der Waals surface area contributed by atoms with Gasteiger partial charge in [-0.05, 0) is 0 Å². The second-order valence-electron chi connectivity index (χ2n) is 2.17. The first-order chi connectivity index (χ1) is 7.43. The maximum atomic E-state index is 10.0. The summed E-state index contributed by atoms with van der Waals surface area (Å²) in [6.45, 7) is 0. The van der Waals surface area contributed by atoms with E-state index in [0.717, 1.165) is 0 Å². The fourth-order valence-electron chi connectivity index (χ4n) is 0.613. The molecule has 0 saturated carbocycles. The summed E-state index contributed by atoms with van der Waals surface area (Å²) < 4.78 is 3.50. The van der Waals surface area contributed by atoms with E-state index in [9.17, 15) is 19.7 Å². The number of hydrogen-bond donors (Lipinski definition) is 0. The normalized spacial score (nSPS) is 8.38. The van der Waals surface area contributed by atoms with E-state index in [2.05, 4.69) is 27.9 Å². The van der Waals surface area contributed by atoms with Crippen molar-refractivity contribution in [3.63, 3.8) is 0 Å². The number of rotatable bonds is 1. The van der Waals surface area contributed by atoms with Gasteiger partial charge < -0.3 is 4.74 Å². The highest BCUT2D eigenvalue weighted by molar-refractivity contribution is 6.67. The van der Waals surface area contributed by atoms with Crippen LogP contribution in [0.3, 0.4) is 0 Å². The number of carbonyl (C=O) groups is 2. The summed E-state index contributed by atoms with van der Waals surface area (Å²) in [6.07, 6.45) is 0. The van der Waals surface area contributed by atoms with Gasteiger partial charge in [0, 0.05) is 35.3 Å². The SMILES string of the molecule is O=C(Cl)OC(=O)Cl.O=[N+]([O-])c1ccccc1. The molecule has 8 heteroatoms. The summed E-state index contributed by atoms with van der Waals surface area (Å²) in [7, 11) is 0. The molecule has 0 heterocycles. The first-order valence-corrected chi connectivity index (χ1v) is 4.45. The van der Waals surface area contributed by atoms with Crippen LogP contribution in [0.1, 0.15) is 0 Å². The molecule has 0 spiro atoms. The van der Waals surface area contributed by atoms with Crippen LogP contribution in [0.25, 0.3) is 0 Å². The lowest BCUT2D eigenvalue weighted by Gasteiger charge is -1.85. The minimum absolute atomic E-state index is 0.137. The Bertz CT molecular complexity index is 369. The molecule has 0 atom stereocenters. The number of benzene rings is 1. The number of nitrogens with zero attached hydrogens (tertiary/aromatic N) is 1. The van der Waals surface area contributed by atoms with Gasteiger partial charge in [-0.1, -0.05) is 18.2 Å². The molecule has 6 nitrogen and oxygen atoms in total. The molecule has 0 fully saturated rings. The molecule has 0 amide bonds. The maximum Gasteiger partial charge on any atom is 0.412 e. The molecule has 0 radical (unpaired) electrons. The molecule has 0 saturated heterocycles. The van der Waals surface area contributed by atoms with Crippen molar-refractivity contribution in [3.05, 3.63) is 40.4 Å². The van der Waals surface area contributed by atoms with Gasteiger partial charge in [0.15, 0.2) is 0 Å². The standard InChI is InChI=1S/C6H5NO2.C2Cl2O3/c8-7(9)6-4-2-1-3-5-6;3-1(5)7-2(4)6/h1-5H;. The van der Waals surface area contributed by atoms with Crippen LogP contribution >= 0.6 is 23.2 Å². The average molecular weight is 266 g/mol. The lowest BCUT2D eigenvalue weighted by molar-refractivity contribution is -0.384. The van der Waals surface area contributed by atoms with Crippen LogP contribution in [0.5, 0.6) is 0 Å². The van der Waals surface area contributed by atoms with Gasteiger partial charge in [-0.15, -0.1) is 0 Å². The first kappa shape index (κ1) is 14.3. The molecular formula is C8H5Cl2NO5. The molecule has 1 aromatic rings. The van der Waals surface area contributed by atoms with E-state index in [1.165, 1.54) is 12.1 Å². The molecule has 0 aliphatic carbocycles. The third-order valence-electron chi connectivity index (χ3n) is 1.13. The van der Waals surface area contributed by atoms with Crippen molar-refractivity contribution < 1.29 is 19.2 Å². The van der Waals surface area contributed by atoms with E-state index in [1.807, 2.05) is 0 Å². The molecule has 1 rings (SSSR count). The Kier molecular flexibility index (Phi) is 6.82. The highest BCUT2D eigenvalue weighted by atomic mass is 35.5. The van der Waals surface area contributed by atoms with Crippen molar-refractivity contribution in [1.29, 1.82) is 0 Å². The zero-order valence-corrected chi connectivity index (χ0v) is 9.14. The molecular weight excluding hydrogens is 261 g/mol. The van der Waals surface area contributed by atoms with Crippen molar-refractivity contribution in [2.24, 2.45) is 0 Å². The van der Waals surface area contributed by atoms with Gasteiger partial charge in [-0.25, -0.2) is 9.59 Å². The topological polar surface area (TPSA) is 86.5 Å². The third kappa shape index (κ3) is 7.72. The largest absolute Gasteiger partial charge is 0.412 e. The summed E-state index contributed by atoms with van der Waals surface area (Å²) >= 11 is 9.01. The van der Waals surface area contributed by atoms with Crippen molar-refractivity contribution in [2.75, 3.05) is 0 Å². The summed E-state index contributed by atoms with van der Waals surface area (Å²) in [5.74, 6) is 0. The second-order valence-corrected chi connectivity index (χ2v) is 2.79. The molecule has 0 aromatic heterocycles. The molecule has 1 aromatic carbocycles. The number of carbonyl (C=O) groups excluding carboxylic acids is 2. The number of ether oxygens (including phenoxy) is 1. The number of para-hydroxylation sites is 1. The van der Waals surface area contributed by atoms with Crippen LogP contribution in [0.4, 0.5) is 15.3 Å². The Morgan fingerprint density at radius 2 is 1.56 bits per heavy atom. The molecule has 0 aliphatic rings. The Hall–Kier alpha value is -1.66. The number of non-ortho nitro benzene ring substituents is 1. The molecule has 0 aliphatic heterocycles. The van der Waals surface area contributed by atoms with E-state index < -0.39 is 15.8 Å². The highest BCUT2D eigenvalue weighted by Gasteiger charge is 1.99. The zero-order chi connectivity index (χ0) is 12.6. The van der Waals surface area contributed by atoms with Crippen LogP contribution in [0.15, 0.2) is 30.3 Å². The van der Waals surface area contributed by atoms with Crippen molar-refractivity contribution in [3.8, 4) is 0 Å². The quantitative estimate of drug-likeness (QED) is 0.336. The van der Waals surface area contributed by atoms with Gasteiger partial charge in [0.05, 0.1) is 4.92 Å². The van der Waals surface area contributed by atoms with Crippen LogP contribution in [0, 0.1) is 10.1 Å². The van der Waals surface area contributed by atoms with E-state index in [4.69, 9.17) is 0 Å². The van der Waals surface area contributed by atoms with Crippen LogP contribution < -0.4 is 0 Å². The van der Waals surface area contributed by atoms with Crippen LogP contribution in [-0.2, 0) is 4.74 Å². The zero-order valence-electron chi connectivity index (χ0n) is 7.63. The molecule has 0 bridgehead atoms. The van der Waals surface area contributed by atoms with E-state index >= 15 is 0 Å². The third-order valence-corrected chi connectivity index (χ3v) is 1.28. The minimum Gasteiger partial charge on any atom is -0.368 e. The van der Waals surface area contributed by atoms with Crippen molar-refractivity contribution in [2.45, 2.75) is 0 Å². The Morgan fingerprint density at radius 3 is 1.75 bits per heavy atom. The number of hydrogen-bond acceptors (Lipinski definition) is 5. The van der Waals surface area contributed by atoms with Crippen LogP contribution in [-0.4, -0.2) is 15.8 Å². The summed E-state index contributed by atoms with van der Waals surface area (Å²) in [4.78, 5) is 28.6. The van der Waals surface area contributed by atoms with Gasteiger partial charge in [-0.3, -0.25) is 10.1 Å². The maximum absolute atomic E-state index is 10.0. The van der Waals surface area contributed by atoms with Gasteiger partial charge in [0.1, 0.15) is 0 Å². The Balaban J connectivity index is 0.000000293.